The van der Waals surface area contributed by atoms with Gasteiger partial charge in [-0.3, -0.25) is 9.78 Å². The number of pyridine rings is 1. The van der Waals surface area contributed by atoms with E-state index in [-0.39, 0.29) is 12.3 Å². The highest BCUT2D eigenvalue weighted by molar-refractivity contribution is 5.85. The first-order valence-electron chi connectivity index (χ1n) is 6.13. The van der Waals surface area contributed by atoms with Gasteiger partial charge in [-0.1, -0.05) is 0 Å². The first kappa shape index (κ1) is 13.3. The zero-order valence-corrected chi connectivity index (χ0v) is 10.7. The zero-order valence-electron chi connectivity index (χ0n) is 10.7. The molecule has 1 N–H and O–H groups in total. The Morgan fingerprint density at radius 1 is 1.53 bits per heavy atom. The van der Waals surface area contributed by atoms with Crippen LogP contribution >= 0.6 is 0 Å². The SMILES string of the molecule is COc1ccc(CC(=O)N2CCC[C@@H]2C(=O)O)nc1. The quantitative estimate of drug-likeness (QED) is 0.866. The number of ether oxygens (including phenoxy) is 1. The molecule has 2 rings (SSSR count). The normalized spacial score (nSPS) is 18.4. The minimum absolute atomic E-state index is 0.119. The fourth-order valence-electron chi connectivity index (χ4n) is 2.21. The third-order valence-electron chi connectivity index (χ3n) is 3.22. The van der Waals surface area contributed by atoms with Crippen LogP contribution in [-0.2, 0) is 16.0 Å². The molecule has 1 amide bonds. The molecular weight excluding hydrogens is 248 g/mol. The minimum Gasteiger partial charge on any atom is -0.495 e. The molecule has 6 nitrogen and oxygen atoms in total. The van der Waals surface area contributed by atoms with Crippen LogP contribution in [0, 0.1) is 0 Å². The summed E-state index contributed by atoms with van der Waals surface area (Å²) in [5, 5.41) is 9.04. The number of carboxylic acid groups (broad SMARTS) is 1. The Kier molecular flexibility index (Phi) is 3.99. The summed E-state index contributed by atoms with van der Waals surface area (Å²) >= 11 is 0. The van der Waals surface area contributed by atoms with Crippen molar-refractivity contribution in [3.8, 4) is 5.75 Å². The smallest absolute Gasteiger partial charge is 0.326 e. The topological polar surface area (TPSA) is 79.7 Å². The van der Waals surface area contributed by atoms with Gasteiger partial charge in [0.25, 0.3) is 0 Å². The fraction of sp³-hybridized carbons (Fsp3) is 0.462. The van der Waals surface area contributed by atoms with Gasteiger partial charge < -0.3 is 14.7 Å². The molecule has 1 aromatic rings. The van der Waals surface area contributed by atoms with Gasteiger partial charge in [0, 0.05) is 12.2 Å². The van der Waals surface area contributed by atoms with Crippen molar-refractivity contribution >= 4 is 11.9 Å². The van der Waals surface area contributed by atoms with Crippen molar-refractivity contribution in [2.24, 2.45) is 0 Å². The van der Waals surface area contributed by atoms with E-state index in [1.54, 1.807) is 25.4 Å². The molecule has 0 spiro atoms. The molecule has 1 aromatic heterocycles. The number of rotatable bonds is 4. The van der Waals surface area contributed by atoms with E-state index in [9.17, 15) is 9.59 Å². The average molecular weight is 264 g/mol. The highest BCUT2D eigenvalue weighted by Gasteiger charge is 2.33. The monoisotopic (exact) mass is 264 g/mol. The van der Waals surface area contributed by atoms with Crippen molar-refractivity contribution in [1.82, 2.24) is 9.88 Å². The van der Waals surface area contributed by atoms with E-state index in [1.165, 1.54) is 4.90 Å². The first-order valence-corrected chi connectivity index (χ1v) is 6.13. The standard InChI is InChI=1S/C13H16N2O4/c1-19-10-5-4-9(14-8-10)7-12(16)15-6-2-3-11(15)13(17)18/h4-5,8,11H,2-3,6-7H2,1H3,(H,17,18)/t11-/m1/s1. The number of hydrogen-bond acceptors (Lipinski definition) is 4. The molecule has 0 aromatic carbocycles. The Bertz CT molecular complexity index is 472. The van der Waals surface area contributed by atoms with E-state index >= 15 is 0 Å². The van der Waals surface area contributed by atoms with Crippen LogP contribution in [0.5, 0.6) is 5.75 Å². The third-order valence-corrected chi connectivity index (χ3v) is 3.22. The van der Waals surface area contributed by atoms with E-state index in [0.717, 1.165) is 6.42 Å². The van der Waals surface area contributed by atoms with Crippen molar-refractivity contribution in [3.63, 3.8) is 0 Å². The van der Waals surface area contributed by atoms with Crippen molar-refractivity contribution in [2.75, 3.05) is 13.7 Å². The largest absolute Gasteiger partial charge is 0.495 e. The maximum atomic E-state index is 12.1. The van der Waals surface area contributed by atoms with Crippen LogP contribution in [-0.4, -0.2) is 46.6 Å². The lowest BCUT2D eigenvalue weighted by Crippen LogP contribution is -2.41. The molecule has 0 saturated carbocycles. The number of carbonyl (C=O) groups is 2. The van der Waals surface area contributed by atoms with E-state index in [2.05, 4.69) is 4.98 Å². The molecule has 0 unspecified atom stereocenters. The molecule has 2 heterocycles. The maximum absolute atomic E-state index is 12.1. The van der Waals surface area contributed by atoms with E-state index < -0.39 is 12.0 Å². The van der Waals surface area contributed by atoms with Crippen molar-refractivity contribution in [2.45, 2.75) is 25.3 Å². The summed E-state index contributed by atoms with van der Waals surface area (Å²) in [7, 11) is 1.55. The number of hydrogen-bond donors (Lipinski definition) is 1. The van der Waals surface area contributed by atoms with Crippen LogP contribution in [0.4, 0.5) is 0 Å². The number of aliphatic carboxylic acids is 1. The number of likely N-dealkylation sites (tertiary alicyclic amines) is 1. The van der Waals surface area contributed by atoms with E-state index in [0.29, 0.717) is 24.4 Å². The number of carbonyl (C=O) groups excluding carboxylic acids is 1. The second-order valence-electron chi connectivity index (χ2n) is 4.45. The second kappa shape index (κ2) is 5.69. The van der Waals surface area contributed by atoms with Crippen LogP contribution in [0.3, 0.4) is 0 Å². The fourth-order valence-corrected chi connectivity index (χ4v) is 2.21. The lowest BCUT2D eigenvalue weighted by atomic mass is 10.2. The van der Waals surface area contributed by atoms with Crippen molar-refractivity contribution in [3.05, 3.63) is 24.0 Å². The van der Waals surface area contributed by atoms with E-state index in [4.69, 9.17) is 9.84 Å². The van der Waals surface area contributed by atoms with Gasteiger partial charge in [0.2, 0.25) is 5.91 Å². The highest BCUT2D eigenvalue weighted by Crippen LogP contribution is 2.19. The molecule has 1 fully saturated rings. The van der Waals surface area contributed by atoms with Crippen LogP contribution in [0.2, 0.25) is 0 Å². The van der Waals surface area contributed by atoms with Crippen LogP contribution < -0.4 is 4.74 Å². The molecule has 1 saturated heterocycles. The summed E-state index contributed by atoms with van der Waals surface area (Å²) < 4.78 is 4.99. The molecule has 0 aliphatic carbocycles. The average Bonchev–Trinajstić information content (AvgIpc) is 2.89. The highest BCUT2D eigenvalue weighted by atomic mass is 16.5. The molecule has 1 atom stereocenters. The van der Waals surface area contributed by atoms with Crippen LogP contribution in [0.15, 0.2) is 18.3 Å². The maximum Gasteiger partial charge on any atom is 0.326 e. The second-order valence-corrected chi connectivity index (χ2v) is 4.45. The Morgan fingerprint density at radius 3 is 2.89 bits per heavy atom. The van der Waals surface area contributed by atoms with Gasteiger partial charge in [0.1, 0.15) is 11.8 Å². The zero-order chi connectivity index (χ0) is 13.8. The lowest BCUT2D eigenvalue weighted by Gasteiger charge is -2.21. The summed E-state index contributed by atoms with van der Waals surface area (Å²) in [6.45, 7) is 0.506. The summed E-state index contributed by atoms with van der Waals surface area (Å²) in [5.41, 5.74) is 0.613. The first-order chi connectivity index (χ1) is 9.11. The van der Waals surface area contributed by atoms with Crippen molar-refractivity contribution in [1.29, 1.82) is 0 Å². The number of methoxy groups -OCH3 is 1. The number of aromatic nitrogens is 1. The van der Waals surface area contributed by atoms with E-state index in [1.807, 2.05) is 0 Å². The number of carboxylic acids is 1. The third kappa shape index (κ3) is 3.01. The van der Waals surface area contributed by atoms with Gasteiger partial charge in [-0.25, -0.2) is 4.79 Å². The molecule has 102 valence electrons. The summed E-state index contributed by atoms with van der Waals surface area (Å²) in [6.07, 6.45) is 2.92. The molecule has 1 aliphatic rings. The molecule has 19 heavy (non-hydrogen) atoms. The van der Waals surface area contributed by atoms with Gasteiger partial charge in [-0.2, -0.15) is 0 Å². The van der Waals surface area contributed by atoms with Crippen molar-refractivity contribution < 1.29 is 19.4 Å². The molecule has 0 bridgehead atoms. The Morgan fingerprint density at radius 2 is 2.32 bits per heavy atom. The summed E-state index contributed by atoms with van der Waals surface area (Å²) in [5.74, 6) is -0.503. The van der Waals surface area contributed by atoms with Crippen LogP contribution in [0.1, 0.15) is 18.5 Å². The molecular formula is C13H16N2O4. The molecule has 6 heteroatoms. The van der Waals surface area contributed by atoms with Gasteiger partial charge in [-0.05, 0) is 25.0 Å². The summed E-state index contributed by atoms with van der Waals surface area (Å²) in [4.78, 5) is 28.6. The predicted octanol–water partition coefficient (Wildman–Crippen LogP) is 0.708. The Labute approximate surface area is 111 Å². The van der Waals surface area contributed by atoms with Crippen LogP contribution in [0.25, 0.3) is 0 Å². The Hall–Kier alpha value is -2.11. The minimum atomic E-state index is -0.937. The predicted molar refractivity (Wildman–Crippen MR) is 66.9 cm³/mol. The molecule has 1 aliphatic heterocycles. The lowest BCUT2D eigenvalue weighted by molar-refractivity contribution is -0.148. The van der Waals surface area contributed by atoms with Gasteiger partial charge in [-0.15, -0.1) is 0 Å². The summed E-state index contributed by atoms with van der Waals surface area (Å²) in [6, 6.07) is 2.75. The van der Waals surface area contributed by atoms with Gasteiger partial charge >= 0.3 is 5.97 Å². The van der Waals surface area contributed by atoms with Gasteiger partial charge in [0.05, 0.1) is 19.7 Å². The number of nitrogens with zero attached hydrogens (tertiary/aromatic N) is 2. The van der Waals surface area contributed by atoms with Gasteiger partial charge in [0.15, 0.2) is 0 Å². The number of amides is 1. The Balaban J connectivity index is 2.01. The molecule has 0 radical (unpaired) electrons.